The number of carbonyl (C=O) groups excluding carboxylic acids is 1. The predicted molar refractivity (Wildman–Crippen MR) is 109 cm³/mol. The Morgan fingerprint density at radius 1 is 1.09 bits per heavy atom. The molecule has 3 aromatic rings. The van der Waals surface area contributed by atoms with Crippen molar-refractivity contribution in [3.05, 3.63) is 71.6 Å². The second kappa shape index (κ2) is 7.75. The molecule has 0 saturated heterocycles. The maximum Gasteiger partial charge on any atom is 0.511 e. The molecular weight excluding hydrogens is 446 g/mol. The van der Waals surface area contributed by atoms with Crippen molar-refractivity contribution in [2.45, 2.75) is 24.3 Å². The van der Waals surface area contributed by atoms with Crippen LogP contribution < -0.4 is 9.04 Å². The van der Waals surface area contributed by atoms with Gasteiger partial charge in [-0.1, -0.05) is 6.92 Å². The summed E-state index contributed by atoms with van der Waals surface area (Å²) >= 11 is 0. The number of hydrogen-bond acceptors (Lipinski definition) is 5. The molecule has 0 radical (unpaired) electrons. The lowest BCUT2D eigenvalue weighted by molar-refractivity contribution is 0.111. The van der Waals surface area contributed by atoms with Gasteiger partial charge in [0.05, 0.1) is 28.0 Å². The molecule has 1 aromatic heterocycles. The number of fused-ring (bicyclic) bond motifs is 3. The van der Waals surface area contributed by atoms with E-state index in [1.807, 2.05) is 0 Å². The third-order valence-corrected chi connectivity index (χ3v) is 6.99. The van der Waals surface area contributed by atoms with Gasteiger partial charge in [0.2, 0.25) is 0 Å². The number of rotatable bonds is 5. The minimum Gasteiger partial charge on any atom is -0.449 e. The number of sulfonamides is 1. The Bertz CT molecular complexity index is 1340. The van der Waals surface area contributed by atoms with E-state index in [2.05, 4.69) is 4.74 Å². The van der Waals surface area contributed by atoms with Crippen LogP contribution in [-0.4, -0.2) is 30.5 Å². The van der Waals surface area contributed by atoms with E-state index < -0.39 is 33.9 Å². The molecule has 166 valence electrons. The molecule has 1 unspecified atom stereocenters. The molecule has 1 atom stereocenters. The summed E-state index contributed by atoms with van der Waals surface area (Å²) in [6.07, 6.45) is -0.742. The van der Waals surface area contributed by atoms with Gasteiger partial charge in [0.25, 0.3) is 10.0 Å². The number of aromatic nitrogens is 1. The molecular formula is C21H16F2N2O6S. The van der Waals surface area contributed by atoms with Gasteiger partial charge in [-0.3, -0.25) is 9.10 Å². The molecule has 1 aliphatic rings. The normalized spacial score (nSPS) is 15.1. The molecule has 2 aromatic carbocycles. The summed E-state index contributed by atoms with van der Waals surface area (Å²) in [7, 11) is -4.31. The lowest BCUT2D eigenvalue weighted by atomic mass is 10.1. The van der Waals surface area contributed by atoms with Crippen molar-refractivity contribution in [1.29, 1.82) is 0 Å². The van der Waals surface area contributed by atoms with Crippen LogP contribution in [0, 0.1) is 11.6 Å². The fourth-order valence-electron chi connectivity index (χ4n) is 3.83. The first-order valence-electron chi connectivity index (χ1n) is 9.40. The number of benzene rings is 2. The first kappa shape index (κ1) is 21.5. The van der Waals surface area contributed by atoms with Crippen LogP contribution in [0.25, 0.3) is 5.69 Å². The van der Waals surface area contributed by atoms with Gasteiger partial charge in [-0.05, 0) is 42.8 Å². The highest BCUT2D eigenvalue weighted by Gasteiger charge is 2.40. The summed E-state index contributed by atoms with van der Waals surface area (Å²) in [6.45, 7) is 1.72. The summed E-state index contributed by atoms with van der Waals surface area (Å²) in [4.78, 5) is 22.0. The number of halogens is 2. The van der Waals surface area contributed by atoms with Crippen molar-refractivity contribution in [2.75, 3.05) is 4.31 Å². The molecule has 2 heterocycles. The second-order valence-corrected chi connectivity index (χ2v) is 8.77. The zero-order valence-corrected chi connectivity index (χ0v) is 17.3. The second-order valence-electron chi connectivity index (χ2n) is 6.96. The molecule has 0 fully saturated rings. The number of aldehydes is 1. The molecule has 1 N–H and O–H groups in total. The largest absolute Gasteiger partial charge is 0.511 e. The first-order chi connectivity index (χ1) is 15.2. The van der Waals surface area contributed by atoms with E-state index in [0.717, 1.165) is 28.6 Å². The monoisotopic (exact) mass is 462 g/mol. The molecule has 0 aliphatic carbocycles. The Morgan fingerprint density at radius 3 is 2.28 bits per heavy atom. The molecule has 0 saturated carbocycles. The van der Waals surface area contributed by atoms with E-state index in [1.165, 1.54) is 22.8 Å². The lowest BCUT2D eigenvalue weighted by Crippen LogP contribution is -2.39. The Kier molecular flexibility index (Phi) is 5.21. The molecule has 4 rings (SSSR count). The van der Waals surface area contributed by atoms with Crippen LogP contribution in [0.5, 0.6) is 5.75 Å². The van der Waals surface area contributed by atoms with Gasteiger partial charge < -0.3 is 14.4 Å². The quantitative estimate of drug-likeness (QED) is 0.345. The third-order valence-electron chi connectivity index (χ3n) is 5.15. The summed E-state index contributed by atoms with van der Waals surface area (Å²) < 4.78 is 62.4. The molecule has 0 bridgehead atoms. The number of carboxylic acid groups (broad SMARTS) is 1. The van der Waals surface area contributed by atoms with Gasteiger partial charge in [-0.15, -0.1) is 0 Å². The minimum atomic E-state index is -4.31. The van der Waals surface area contributed by atoms with Gasteiger partial charge in [-0.25, -0.2) is 22.0 Å². The lowest BCUT2D eigenvalue weighted by Gasteiger charge is -2.38. The van der Waals surface area contributed by atoms with Crippen LogP contribution in [0.2, 0.25) is 0 Å². The van der Waals surface area contributed by atoms with Gasteiger partial charge >= 0.3 is 6.16 Å². The maximum atomic E-state index is 14.2. The van der Waals surface area contributed by atoms with Crippen molar-refractivity contribution in [1.82, 2.24) is 4.57 Å². The predicted octanol–water partition coefficient (Wildman–Crippen LogP) is 4.28. The van der Waals surface area contributed by atoms with E-state index in [9.17, 15) is 26.8 Å². The number of carbonyl (C=O) groups is 2. The van der Waals surface area contributed by atoms with E-state index >= 15 is 0 Å². The SMILES string of the molecule is CCC1c2ccc(C=O)n2-c2cc(F)c(F)cc2N1S(=O)(=O)c1ccc(OC(=O)O)cc1. The van der Waals surface area contributed by atoms with E-state index in [4.69, 9.17) is 5.11 Å². The number of nitrogens with zero attached hydrogens (tertiary/aromatic N) is 2. The Balaban J connectivity index is 1.93. The van der Waals surface area contributed by atoms with Gasteiger partial charge in [0.15, 0.2) is 17.9 Å². The fourth-order valence-corrected chi connectivity index (χ4v) is 5.54. The molecule has 32 heavy (non-hydrogen) atoms. The van der Waals surface area contributed by atoms with Gasteiger partial charge in [0.1, 0.15) is 5.75 Å². The first-order valence-corrected chi connectivity index (χ1v) is 10.8. The number of anilines is 1. The molecule has 1 aliphatic heterocycles. The van der Waals surface area contributed by atoms with Crippen LogP contribution >= 0.6 is 0 Å². The highest BCUT2D eigenvalue weighted by Crippen LogP contribution is 2.45. The average molecular weight is 462 g/mol. The van der Waals surface area contributed by atoms with E-state index in [0.29, 0.717) is 12.0 Å². The van der Waals surface area contributed by atoms with Crippen molar-refractivity contribution in [3.8, 4) is 11.4 Å². The zero-order chi connectivity index (χ0) is 23.2. The van der Waals surface area contributed by atoms with Crippen LogP contribution in [0.3, 0.4) is 0 Å². The maximum absolute atomic E-state index is 14.2. The van der Waals surface area contributed by atoms with E-state index in [1.54, 1.807) is 13.0 Å². The smallest absolute Gasteiger partial charge is 0.449 e. The summed E-state index contributed by atoms with van der Waals surface area (Å²) in [5.41, 5.74) is 0.457. The highest BCUT2D eigenvalue weighted by atomic mass is 32.2. The molecule has 11 heteroatoms. The summed E-state index contributed by atoms with van der Waals surface area (Å²) in [5, 5.41) is 8.70. The van der Waals surface area contributed by atoms with Gasteiger partial charge in [-0.2, -0.15) is 0 Å². The standard InChI is InChI=1S/C21H16F2N2O6S/c1-2-17-18-8-3-12(11-26)24(18)19-9-15(22)16(23)10-20(19)25(17)32(29,30)14-6-4-13(5-7-14)31-21(27)28/h3-11,17H,2H2,1H3,(H,27,28). The minimum absolute atomic E-state index is 0.00473. The van der Waals surface area contributed by atoms with Crippen molar-refractivity contribution in [3.63, 3.8) is 0 Å². The third kappa shape index (κ3) is 3.30. The molecule has 0 amide bonds. The Morgan fingerprint density at radius 2 is 1.72 bits per heavy atom. The van der Waals surface area contributed by atoms with Crippen molar-refractivity contribution < 1.29 is 36.6 Å². The molecule has 8 nitrogen and oxygen atoms in total. The Hall–Kier alpha value is -3.73. The summed E-state index contributed by atoms with van der Waals surface area (Å²) in [6, 6.07) is 8.51. The van der Waals surface area contributed by atoms with E-state index in [-0.39, 0.29) is 34.1 Å². The number of hydrogen-bond donors (Lipinski definition) is 1. The number of ether oxygens (including phenoxy) is 1. The van der Waals surface area contributed by atoms with Crippen LogP contribution in [0.1, 0.15) is 35.6 Å². The van der Waals surface area contributed by atoms with Gasteiger partial charge in [0, 0.05) is 17.8 Å². The molecule has 0 spiro atoms. The van der Waals surface area contributed by atoms with Crippen LogP contribution in [0.15, 0.2) is 53.4 Å². The van der Waals surface area contributed by atoms with Crippen molar-refractivity contribution in [2.24, 2.45) is 0 Å². The highest BCUT2D eigenvalue weighted by molar-refractivity contribution is 7.92. The topological polar surface area (TPSA) is 106 Å². The van der Waals surface area contributed by atoms with Crippen LogP contribution in [0.4, 0.5) is 19.3 Å². The van der Waals surface area contributed by atoms with Crippen LogP contribution in [-0.2, 0) is 10.0 Å². The van der Waals surface area contributed by atoms with Crippen molar-refractivity contribution >= 4 is 28.2 Å². The average Bonchev–Trinajstić information content (AvgIpc) is 3.18. The Labute approximate surface area is 181 Å². The fraction of sp³-hybridized carbons (Fsp3) is 0.143. The zero-order valence-electron chi connectivity index (χ0n) is 16.5. The summed E-state index contributed by atoms with van der Waals surface area (Å²) in [5.74, 6) is -2.52.